The van der Waals surface area contributed by atoms with Gasteiger partial charge >= 0.3 is 0 Å². The number of amides is 1. The van der Waals surface area contributed by atoms with Crippen molar-refractivity contribution in [1.82, 2.24) is 15.1 Å². The van der Waals surface area contributed by atoms with Gasteiger partial charge in [0.15, 0.2) is 5.69 Å². The monoisotopic (exact) mass is 262 g/mol. The normalized spacial score (nSPS) is 10.9. The largest absolute Gasteiger partial charge is 0.467 e. The van der Waals surface area contributed by atoms with Crippen LogP contribution in [0.25, 0.3) is 0 Å². The summed E-state index contributed by atoms with van der Waals surface area (Å²) in [5.74, 6) is 0.690. The lowest BCUT2D eigenvalue weighted by Crippen LogP contribution is -2.27. The first-order valence-electron chi connectivity index (χ1n) is 6.12. The average Bonchev–Trinajstić information content (AvgIpc) is 2.97. The molecule has 2 heterocycles. The third kappa shape index (κ3) is 2.62. The number of carbonyl (C=O) groups excluding carboxylic acids is 1. The predicted octanol–water partition coefficient (Wildman–Crippen LogP) is 1.98. The van der Waals surface area contributed by atoms with Crippen molar-refractivity contribution in [2.45, 2.75) is 26.3 Å². The van der Waals surface area contributed by atoms with E-state index in [2.05, 4.69) is 10.2 Å². The van der Waals surface area contributed by atoms with E-state index in [1.165, 1.54) is 4.90 Å². The van der Waals surface area contributed by atoms with Crippen LogP contribution in [0.3, 0.4) is 0 Å². The van der Waals surface area contributed by atoms with E-state index in [4.69, 9.17) is 10.2 Å². The highest BCUT2D eigenvalue weighted by Gasteiger charge is 2.22. The molecule has 1 amide bonds. The van der Waals surface area contributed by atoms with Gasteiger partial charge < -0.3 is 15.1 Å². The van der Waals surface area contributed by atoms with Crippen molar-refractivity contribution in [3.05, 3.63) is 35.5 Å². The summed E-state index contributed by atoms with van der Waals surface area (Å²) in [7, 11) is 1.69. The average molecular weight is 262 g/mol. The van der Waals surface area contributed by atoms with Crippen molar-refractivity contribution in [2.24, 2.45) is 0 Å². The Bertz CT molecular complexity index is 557. The van der Waals surface area contributed by atoms with Crippen LogP contribution in [-0.2, 0) is 6.54 Å². The molecule has 6 heteroatoms. The molecule has 19 heavy (non-hydrogen) atoms. The van der Waals surface area contributed by atoms with E-state index in [1.54, 1.807) is 19.4 Å². The highest BCUT2D eigenvalue weighted by atomic mass is 16.3. The molecule has 0 saturated heterocycles. The zero-order chi connectivity index (χ0) is 14.0. The molecule has 0 radical (unpaired) electrons. The SMILES string of the molecule is CC(C)c1[nH]nc(C(=O)N(C)Cc2ccco2)c1N. The van der Waals surface area contributed by atoms with Gasteiger partial charge in [-0.3, -0.25) is 9.89 Å². The fourth-order valence-corrected chi connectivity index (χ4v) is 1.86. The Morgan fingerprint density at radius 2 is 2.32 bits per heavy atom. The maximum atomic E-state index is 12.2. The molecule has 0 aliphatic heterocycles. The molecule has 6 nitrogen and oxygen atoms in total. The predicted molar refractivity (Wildman–Crippen MR) is 71.6 cm³/mol. The van der Waals surface area contributed by atoms with E-state index in [9.17, 15) is 4.79 Å². The maximum Gasteiger partial charge on any atom is 0.276 e. The van der Waals surface area contributed by atoms with Crippen molar-refractivity contribution in [3.8, 4) is 0 Å². The number of nitrogens with zero attached hydrogens (tertiary/aromatic N) is 2. The highest BCUT2D eigenvalue weighted by Crippen LogP contribution is 2.23. The lowest BCUT2D eigenvalue weighted by atomic mass is 10.1. The van der Waals surface area contributed by atoms with Crippen LogP contribution >= 0.6 is 0 Å². The first-order valence-corrected chi connectivity index (χ1v) is 6.12. The molecule has 0 atom stereocenters. The van der Waals surface area contributed by atoms with E-state index in [-0.39, 0.29) is 17.5 Å². The second-order valence-electron chi connectivity index (χ2n) is 4.79. The smallest absolute Gasteiger partial charge is 0.276 e. The van der Waals surface area contributed by atoms with Crippen LogP contribution < -0.4 is 5.73 Å². The van der Waals surface area contributed by atoms with E-state index in [0.29, 0.717) is 18.0 Å². The third-order valence-corrected chi connectivity index (χ3v) is 2.93. The van der Waals surface area contributed by atoms with Crippen LogP contribution in [-0.4, -0.2) is 28.1 Å². The van der Waals surface area contributed by atoms with Gasteiger partial charge in [-0.05, 0) is 18.1 Å². The number of aromatic amines is 1. The van der Waals surface area contributed by atoms with Gasteiger partial charge in [-0.2, -0.15) is 5.10 Å². The molecular weight excluding hydrogens is 244 g/mol. The molecule has 3 N–H and O–H groups in total. The highest BCUT2D eigenvalue weighted by molar-refractivity contribution is 5.97. The number of aromatic nitrogens is 2. The lowest BCUT2D eigenvalue weighted by Gasteiger charge is -2.14. The van der Waals surface area contributed by atoms with E-state index >= 15 is 0 Å². The summed E-state index contributed by atoms with van der Waals surface area (Å²) in [6.07, 6.45) is 1.58. The van der Waals surface area contributed by atoms with Crippen molar-refractivity contribution < 1.29 is 9.21 Å². The number of hydrogen-bond acceptors (Lipinski definition) is 4. The Labute approximate surface area is 111 Å². The zero-order valence-electron chi connectivity index (χ0n) is 11.3. The van der Waals surface area contributed by atoms with Crippen LogP contribution in [0.4, 0.5) is 5.69 Å². The Kier molecular flexibility index (Phi) is 3.59. The van der Waals surface area contributed by atoms with Gasteiger partial charge in [-0.25, -0.2) is 0 Å². The van der Waals surface area contributed by atoms with Crippen LogP contribution in [0.5, 0.6) is 0 Å². The van der Waals surface area contributed by atoms with Gasteiger partial charge in [-0.15, -0.1) is 0 Å². The second kappa shape index (κ2) is 5.17. The fourth-order valence-electron chi connectivity index (χ4n) is 1.86. The topological polar surface area (TPSA) is 88.2 Å². The zero-order valence-corrected chi connectivity index (χ0v) is 11.3. The number of furan rings is 1. The summed E-state index contributed by atoms with van der Waals surface area (Å²) >= 11 is 0. The molecule has 0 fully saturated rings. The number of hydrogen-bond donors (Lipinski definition) is 2. The maximum absolute atomic E-state index is 12.2. The molecule has 102 valence electrons. The lowest BCUT2D eigenvalue weighted by molar-refractivity contribution is 0.0770. The number of nitrogens with two attached hydrogens (primary N) is 1. The van der Waals surface area contributed by atoms with Gasteiger partial charge in [0, 0.05) is 7.05 Å². The minimum Gasteiger partial charge on any atom is -0.467 e. The van der Waals surface area contributed by atoms with Gasteiger partial charge in [0.05, 0.1) is 24.2 Å². The first kappa shape index (κ1) is 13.2. The Hall–Kier alpha value is -2.24. The number of anilines is 1. The van der Waals surface area contributed by atoms with Gasteiger partial charge in [0.2, 0.25) is 0 Å². The third-order valence-electron chi connectivity index (χ3n) is 2.93. The van der Waals surface area contributed by atoms with E-state index in [1.807, 2.05) is 19.9 Å². The molecule has 0 unspecified atom stereocenters. The van der Waals surface area contributed by atoms with Crippen molar-refractivity contribution >= 4 is 11.6 Å². The Morgan fingerprint density at radius 3 is 2.84 bits per heavy atom. The molecule has 2 aromatic rings. The summed E-state index contributed by atoms with van der Waals surface area (Å²) in [6.45, 7) is 4.37. The molecule has 2 rings (SSSR count). The standard InChI is InChI=1S/C13H18N4O2/c1-8(2)11-10(14)12(16-15-11)13(18)17(3)7-9-5-4-6-19-9/h4-6,8H,7,14H2,1-3H3,(H,15,16). The van der Waals surface area contributed by atoms with E-state index in [0.717, 1.165) is 5.69 Å². The van der Waals surface area contributed by atoms with Crippen LogP contribution in [0, 0.1) is 0 Å². The minimum atomic E-state index is -0.225. The summed E-state index contributed by atoms with van der Waals surface area (Å²) in [5.41, 5.74) is 7.42. The van der Waals surface area contributed by atoms with Crippen molar-refractivity contribution in [1.29, 1.82) is 0 Å². The van der Waals surface area contributed by atoms with E-state index < -0.39 is 0 Å². The summed E-state index contributed by atoms with van der Waals surface area (Å²) in [5, 5.41) is 6.84. The van der Waals surface area contributed by atoms with Crippen LogP contribution in [0.2, 0.25) is 0 Å². The van der Waals surface area contributed by atoms with Gasteiger partial charge in [0.25, 0.3) is 5.91 Å². The Morgan fingerprint density at radius 1 is 1.58 bits per heavy atom. The number of nitrogen functional groups attached to an aromatic ring is 1. The number of H-pyrrole nitrogens is 1. The molecule has 0 aromatic carbocycles. The molecule has 0 aliphatic rings. The number of nitrogens with one attached hydrogen (secondary N) is 1. The molecule has 0 aliphatic carbocycles. The Balaban J connectivity index is 2.15. The van der Waals surface area contributed by atoms with Crippen LogP contribution in [0.15, 0.2) is 22.8 Å². The minimum absolute atomic E-state index is 0.199. The molecule has 0 bridgehead atoms. The van der Waals surface area contributed by atoms with Crippen LogP contribution in [0.1, 0.15) is 41.7 Å². The summed E-state index contributed by atoms with van der Waals surface area (Å²) < 4.78 is 5.21. The second-order valence-corrected chi connectivity index (χ2v) is 4.79. The first-order chi connectivity index (χ1) is 9.00. The van der Waals surface area contributed by atoms with Crippen molar-refractivity contribution in [3.63, 3.8) is 0 Å². The number of carbonyl (C=O) groups is 1. The van der Waals surface area contributed by atoms with Gasteiger partial charge in [0.1, 0.15) is 5.76 Å². The van der Waals surface area contributed by atoms with Gasteiger partial charge in [-0.1, -0.05) is 13.8 Å². The molecule has 0 saturated carbocycles. The van der Waals surface area contributed by atoms with Crippen molar-refractivity contribution in [2.75, 3.05) is 12.8 Å². The molecule has 2 aromatic heterocycles. The summed E-state index contributed by atoms with van der Waals surface area (Å²) in [6, 6.07) is 3.60. The molecule has 0 spiro atoms. The number of rotatable bonds is 4. The fraction of sp³-hybridized carbons (Fsp3) is 0.385. The molecular formula is C13H18N4O2. The quantitative estimate of drug-likeness (QED) is 0.881. The summed E-state index contributed by atoms with van der Waals surface area (Å²) in [4.78, 5) is 13.8.